The molecule has 2 aromatic heterocycles. The number of aromatic nitrogens is 4. The predicted octanol–water partition coefficient (Wildman–Crippen LogP) is 2.23. The summed E-state index contributed by atoms with van der Waals surface area (Å²) >= 11 is 3.40. The van der Waals surface area contributed by atoms with Crippen molar-refractivity contribution in [2.45, 2.75) is 37.6 Å². The first-order valence-electron chi connectivity index (χ1n) is 7.63. The van der Waals surface area contributed by atoms with Crippen LogP contribution < -0.4 is 10.6 Å². The number of nitrogens with two attached hydrogens (primary N) is 1. The molecule has 124 valence electrons. The minimum atomic E-state index is -2.63. The van der Waals surface area contributed by atoms with Crippen molar-refractivity contribution in [1.29, 1.82) is 0 Å². The number of fused-ring (bicyclic) bond motifs is 1. The van der Waals surface area contributed by atoms with Gasteiger partial charge in [-0.25, -0.2) is 18.2 Å². The van der Waals surface area contributed by atoms with Crippen molar-refractivity contribution in [3.05, 3.63) is 17.0 Å². The van der Waals surface area contributed by atoms with Crippen molar-refractivity contribution in [1.82, 2.24) is 19.6 Å². The Balaban J connectivity index is 1.58. The summed E-state index contributed by atoms with van der Waals surface area (Å²) in [7, 11) is 0. The van der Waals surface area contributed by atoms with Gasteiger partial charge in [0.25, 0.3) is 0 Å². The summed E-state index contributed by atoms with van der Waals surface area (Å²) in [6.07, 6.45) is 4.34. The predicted molar refractivity (Wildman–Crippen MR) is 84.5 cm³/mol. The standard InChI is InChI=1S/C14H17BrF2N6/c15-9-6-19-12(23-8-20-21-11(9)23)22-3-1-13(2-4-22)7-14(16,17)5-10(13)18/h6,8,10H,1-5,7,18H2/t10-/m1/s1. The summed E-state index contributed by atoms with van der Waals surface area (Å²) in [5.74, 6) is -1.89. The second-order valence-corrected chi connectivity index (χ2v) is 7.48. The maximum absolute atomic E-state index is 13.7. The molecule has 6 nitrogen and oxygen atoms in total. The lowest BCUT2D eigenvalue weighted by molar-refractivity contribution is -0.00685. The molecule has 0 aromatic carbocycles. The van der Waals surface area contributed by atoms with Gasteiger partial charge in [-0.05, 0) is 34.2 Å². The zero-order valence-corrected chi connectivity index (χ0v) is 14.0. The second-order valence-electron chi connectivity index (χ2n) is 6.62. The van der Waals surface area contributed by atoms with Gasteiger partial charge in [-0.2, -0.15) is 0 Å². The van der Waals surface area contributed by atoms with Crippen LogP contribution in [0.3, 0.4) is 0 Å². The third-order valence-electron chi connectivity index (χ3n) is 5.23. The molecule has 1 saturated carbocycles. The molecule has 1 aliphatic carbocycles. The average Bonchev–Trinajstić information content (AvgIpc) is 3.05. The molecule has 0 unspecified atom stereocenters. The Labute approximate surface area is 140 Å². The summed E-state index contributed by atoms with van der Waals surface area (Å²) in [5.41, 5.74) is 6.30. The van der Waals surface area contributed by atoms with E-state index in [-0.39, 0.29) is 12.8 Å². The van der Waals surface area contributed by atoms with Crippen molar-refractivity contribution in [2.24, 2.45) is 11.1 Å². The minimum Gasteiger partial charge on any atom is -0.342 e. The fourth-order valence-corrected chi connectivity index (χ4v) is 4.34. The third kappa shape index (κ3) is 2.40. The van der Waals surface area contributed by atoms with Gasteiger partial charge >= 0.3 is 0 Å². The molecular weight excluding hydrogens is 370 g/mol. The Kier molecular flexibility index (Phi) is 3.35. The van der Waals surface area contributed by atoms with Gasteiger partial charge in [0.2, 0.25) is 11.9 Å². The lowest BCUT2D eigenvalue weighted by atomic mass is 9.74. The zero-order chi connectivity index (χ0) is 16.2. The lowest BCUT2D eigenvalue weighted by Crippen LogP contribution is -2.47. The summed E-state index contributed by atoms with van der Waals surface area (Å²) in [6, 6.07) is -0.424. The van der Waals surface area contributed by atoms with E-state index in [0.29, 0.717) is 31.6 Å². The van der Waals surface area contributed by atoms with Crippen LogP contribution in [0.5, 0.6) is 0 Å². The van der Waals surface area contributed by atoms with E-state index < -0.39 is 17.4 Å². The van der Waals surface area contributed by atoms with Crippen LogP contribution >= 0.6 is 15.9 Å². The molecule has 9 heteroatoms. The first-order valence-corrected chi connectivity index (χ1v) is 8.42. The molecule has 0 amide bonds. The van der Waals surface area contributed by atoms with Crippen molar-refractivity contribution < 1.29 is 8.78 Å². The normalized spacial score (nSPS) is 26.3. The Morgan fingerprint density at radius 1 is 1.30 bits per heavy atom. The molecule has 2 N–H and O–H groups in total. The molecular formula is C14H17BrF2N6. The van der Waals surface area contributed by atoms with Gasteiger partial charge in [-0.1, -0.05) is 0 Å². The first kappa shape index (κ1) is 15.2. The Morgan fingerprint density at radius 2 is 2.04 bits per heavy atom. The van der Waals surface area contributed by atoms with Gasteiger partial charge in [0, 0.05) is 38.2 Å². The topological polar surface area (TPSA) is 72.3 Å². The van der Waals surface area contributed by atoms with Crippen LogP contribution in [0.2, 0.25) is 0 Å². The number of nitrogens with zero attached hydrogens (tertiary/aromatic N) is 5. The van der Waals surface area contributed by atoms with E-state index in [2.05, 4.69) is 36.0 Å². The SMILES string of the molecule is N[C@@H]1CC(F)(F)CC12CCN(c1ncc(Br)c3nncn13)CC2. The van der Waals surface area contributed by atoms with Crippen LogP contribution in [-0.4, -0.2) is 44.6 Å². The molecule has 1 aliphatic heterocycles. The molecule has 1 saturated heterocycles. The molecule has 1 atom stereocenters. The van der Waals surface area contributed by atoms with E-state index in [4.69, 9.17) is 5.73 Å². The number of alkyl halides is 2. The van der Waals surface area contributed by atoms with Crippen LogP contribution in [0.15, 0.2) is 17.0 Å². The van der Waals surface area contributed by atoms with E-state index in [9.17, 15) is 8.78 Å². The van der Waals surface area contributed by atoms with Crippen LogP contribution in [-0.2, 0) is 0 Å². The van der Waals surface area contributed by atoms with Crippen molar-refractivity contribution in [3.63, 3.8) is 0 Å². The van der Waals surface area contributed by atoms with E-state index in [0.717, 1.165) is 10.4 Å². The van der Waals surface area contributed by atoms with E-state index >= 15 is 0 Å². The lowest BCUT2D eigenvalue weighted by Gasteiger charge is -2.42. The molecule has 1 spiro atoms. The van der Waals surface area contributed by atoms with Gasteiger partial charge in [0.15, 0.2) is 5.65 Å². The highest BCUT2D eigenvalue weighted by Crippen LogP contribution is 2.52. The summed E-state index contributed by atoms with van der Waals surface area (Å²) in [6.45, 7) is 1.32. The van der Waals surface area contributed by atoms with Crippen LogP contribution in [0.4, 0.5) is 14.7 Å². The Morgan fingerprint density at radius 3 is 2.70 bits per heavy atom. The first-order chi connectivity index (χ1) is 10.9. The molecule has 3 heterocycles. The van der Waals surface area contributed by atoms with Gasteiger partial charge in [-0.15, -0.1) is 10.2 Å². The monoisotopic (exact) mass is 386 g/mol. The number of rotatable bonds is 1. The third-order valence-corrected chi connectivity index (χ3v) is 5.79. The smallest absolute Gasteiger partial charge is 0.250 e. The molecule has 0 bridgehead atoms. The quantitative estimate of drug-likeness (QED) is 0.813. The van der Waals surface area contributed by atoms with Gasteiger partial charge in [-0.3, -0.25) is 0 Å². The van der Waals surface area contributed by atoms with Gasteiger partial charge in [0.05, 0.1) is 4.47 Å². The highest BCUT2D eigenvalue weighted by molar-refractivity contribution is 9.10. The maximum Gasteiger partial charge on any atom is 0.250 e. The number of hydrogen-bond acceptors (Lipinski definition) is 5. The Bertz CT molecular complexity index is 740. The molecule has 0 radical (unpaired) electrons. The minimum absolute atomic E-state index is 0.0924. The Hall–Kier alpha value is -1.35. The largest absolute Gasteiger partial charge is 0.342 e. The molecule has 2 fully saturated rings. The van der Waals surface area contributed by atoms with Gasteiger partial charge in [0.1, 0.15) is 6.33 Å². The van der Waals surface area contributed by atoms with Crippen molar-refractivity contribution >= 4 is 27.5 Å². The number of anilines is 1. The van der Waals surface area contributed by atoms with Crippen molar-refractivity contribution in [2.75, 3.05) is 18.0 Å². The summed E-state index contributed by atoms with van der Waals surface area (Å²) in [5, 5.41) is 7.97. The molecule has 4 rings (SSSR count). The highest BCUT2D eigenvalue weighted by Gasteiger charge is 2.55. The molecule has 23 heavy (non-hydrogen) atoms. The molecule has 2 aromatic rings. The summed E-state index contributed by atoms with van der Waals surface area (Å²) in [4.78, 5) is 6.54. The fraction of sp³-hybridized carbons (Fsp3) is 0.643. The fourth-order valence-electron chi connectivity index (χ4n) is 3.97. The van der Waals surface area contributed by atoms with Gasteiger partial charge < -0.3 is 10.6 Å². The average molecular weight is 387 g/mol. The molecule has 2 aliphatic rings. The summed E-state index contributed by atoms with van der Waals surface area (Å²) < 4.78 is 30.0. The van der Waals surface area contributed by atoms with E-state index in [1.807, 2.05) is 4.40 Å². The number of piperidine rings is 1. The number of hydrogen-bond donors (Lipinski definition) is 1. The van der Waals surface area contributed by atoms with E-state index in [1.54, 1.807) is 12.5 Å². The van der Waals surface area contributed by atoms with Crippen LogP contribution in [0, 0.1) is 5.41 Å². The van der Waals surface area contributed by atoms with Crippen LogP contribution in [0.25, 0.3) is 5.65 Å². The van der Waals surface area contributed by atoms with Crippen molar-refractivity contribution in [3.8, 4) is 0 Å². The number of halogens is 3. The zero-order valence-electron chi connectivity index (χ0n) is 12.4. The highest BCUT2D eigenvalue weighted by atomic mass is 79.9. The van der Waals surface area contributed by atoms with Crippen LogP contribution in [0.1, 0.15) is 25.7 Å². The second kappa shape index (κ2) is 5.07. The maximum atomic E-state index is 13.7. The van der Waals surface area contributed by atoms with E-state index in [1.165, 1.54) is 0 Å².